The maximum absolute atomic E-state index is 14.9. The maximum Gasteiger partial charge on any atom is 0.416 e. The van der Waals surface area contributed by atoms with E-state index in [1.165, 1.54) is 18.2 Å². The first-order valence-corrected chi connectivity index (χ1v) is 11.5. The number of rotatable bonds is 5. The number of hydrogen-bond acceptors (Lipinski definition) is 4. The molecular formula is C27H20F5N3O3. The standard InChI is InChI=1S/C27H20F5N3O3/c28-18-11-5-4-9-16(18)22-24(36)34(13-20(33)15-7-2-1-3-8-15)26(37)35-21(14-38-25(22)35)23-17(27(30,31)32)10-6-12-19(23)29/h1-12,20-21H,13-14,33H2. The van der Waals surface area contributed by atoms with E-state index in [1.54, 1.807) is 30.3 Å². The number of fused-ring (bicyclic) bond motifs is 1. The van der Waals surface area contributed by atoms with E-state index in [2.05, 4.69) is 0 Å². The Balaban J connectivity index is 1.78. The van der Waals surface area contributed by atoms with Crippen molar-refractivity contribution in [3.8, 4) is 17.0 Å². The fourth-order valence-electron chi connectivity index (χ4n) is 4.69. The Bertz CT molecular complexity index is 1630. The average molecular weight is 529 g/mol. The summed E-state index contributed by atoms with van der Waals surface area (Å²) in [6.45, 7) is -0.964. The Morgan fingerprint density at radius 3 is 2.26 bits per heavy atom. The molecule has 0 aliphatic carbocycles. The molecule has 1 aromatic heterocycles. The van der Waals surface area contributed by atoms with Gasteiger partial charge in [-0.2, -0.15) is 13.2 Å². The van der Waals surface area contributed by atoms with Gasteiger partial charge in [0.1, 0.15) is 29.8 Å². The van der Waals surface area contributed by atoms with Gasteiger partial charge in [-0.1, -0.05) is 54.6 Å². The van der Waals surface area contributed by atoms with Crippen molar-refractivity contribution in [1.82, 2.24) is 9.13 Å². The third-order valence-corrected chi connectivity index (χ3v) is 6.46. The topological polar surface area (TPSA) is 79.2 Å². The Labute approximate surface area is 212 Å². The van der Waals surface area contributed by atoms with Gasteiger partial charge < -0.3 is 10.5 Å². The van der Waals surface area contributed by atoms with E-state index in [0.29, 0.717) is 11.6 Å². The highest BCUT2D eigenvalue weighted by Crippen LogP contribution is 2.42. The normalized spacial score (nSPS) is 15.7. The van der Waals surface area contributed by atoms with Crippen LogP contribution in [-0.4, -0.2) is 15.7 Å². The minimum Gasteiger partial charge on any atom is -0.476 e. The summed E-state index contributed by atoms with van der Waals surface area (Å²) in [5, 5.41) is 0. The van der Waals surface area contributed by atoms with E-state index in [0.717, 1.165) is 27.3 Å². The molecule has 1 aliphatic heterocycles. The van der Waals surface area contributed by atoms with Crippen LogP contribution in [0.4, 0.5) is 22.0 Å². The van der Waals surface area contributed by atoms with Crippen LogP contribution in [0, 0.1) is 11.6 Å². The third-order valence-electron chi connectivity index (χ3n) is 6.46. The van der Waals surface area contributed by atoms with Crippen molar-refractivity contribution in [3.05, 3.63) is 122 Å². The van der Waals surface area contributed by atoms with Crippen molar-refractivity contribution in [1.29, 1.82) is 0 Å². The van der Waals surface area contributed by atoms with Gasteiger partial charge in [0, 0.05) is 17.2 Å². The SMILES string of the molecule is NC(Cn1c(=O)c(-c2ccccc2F)c2n(c1=O)C(c1c(F)cccc1C(F)(F)F)CO2)c1ccccc1. The lowest BCUT2D eigenvalue weighted by Gasteiger charge is -2.21. The second kappa shape index (κ2) is 9.56. The van der Waals surface area contributed by atoms with Crippen molar-refractivity contribution >= 4 is 0 Å². The molecule has 0 saturated heterocycles. The minimum atomic E-state index is -4.94. The zero-order valence-corrected chi connectivity index (χ0v) is 19.6. The molecular weight excluding hydrogens is 509 g/mol. The molecule has 0 amide bonds. The zero-order chi connectivity index (χ0) is 27.2. The van der Waals surface area contributed by atoms with Crippen molar-refractivity contribution in [2.45, 2.75) is 24.8 Å². The average Bonchev–Trinajstić information content (AvgIpc) is 3.32. The van der Waals surface area contributed by atoms with E-state index < -0.39 is 64.8 Å². The summed E-state index contributed by atoms with van der Waals surface area (Å²) in [5.74, 6) is -2.48. The summed E-state index contributed by atoms with van der Waals surface area (Å²) in [5.41, 5.74) is 2.11. The zero-order valence-electron chi connectivity index (χ0n) is 19.6. The van der Waals surface area contributed by atoms with Crippen molar-refractivity contribution in [2.75, 3.05) is 6.61 Å². The number of aromatic nitrogens is 2. The smallest absolute Gasteiger partial charge is 0.416 e. The van der Waals surface area contributed by atoms with Gasteiger partial charge in [0.25, 0.3) is 5.56 Å². The predicted molar refractivity (Wildman–Crippen MR) is 129 cm³/mol. The number of halogens is 5. The molecule has 1 aliphatic rings. The molecule has 0 saturated carbocycles. The predicted octanol–water partition coefficient (Wildman–Crippen LogP) is 4.66. The molecule has 2 unspecified atom stereocenters. The highest BCUT2D eigenvalue weighted by molar-refractivity contribution is 5.69. The lowest BCUT2D eigenvalue weighted by atomic mass is 9.99. The van der Waals surface area contributed by atoms with Crippen LogP contribution < -0.4 is 21.7 Å². The van der Waals surface area contributed by atoms with E-state index >= 15 is 0 Å². The molecule has 0 fully saturated rings. The van der Waals surface area contributed by atoms with Crippen molar-refractivity contribution < 1.29 is 26.7 Å². The molecule has 0 radical (unpaired) electrons. The lowest BCUT2D eigenvalue weighted by Crippen LogP contribution is -2.43. The van der Waals surface area contributed by atoms with E-state index in [1.807, 2.05) is 0 Å². The highest BCUT2D eigenvalue weighted by Gasteiger charge is 2.42. The summed E-state index contributed by atoms with van der Waals surface area (Å²) in [7, 11) is 0. The fourth-order valence-corrected chi connectivity index (χ4v) is 4.69. The Morgan fingerprint density at radius 2 is 1.58 bits per heavy atom. The molecule has 38 heavy (non-hydrogen) atoms. The summed E-state index contributed by atoms with van der Waals surface area (Å²) >= 11 is 0. The van der Waals surface area contributed by atoms with Crippen LogP contribution in [-0.2, 0) is 12.7 Å². The van der Waals surface area contributed by atoms with Gasteiger partial charge in [0.2, 0.25) is 5.88 Å². The molecule has 0 bridgehead atoms. The van der Waals surface area contributed by atoms with Crippen LogP contribution in [0.25, 0.3) is 11.1 Å². The van der Waals surface area contributed by atoms with E-state index in [9.17, 15) is 31.5 Å². The van der Waals surface area contributed by atoms with Crippen LogP contribution in [0.15, 0.2) is 82.4 Å². The summed E-state index contributed by atoms with van der Waals surface area (Å²) in [6, 6.07) is 13.7. The van der Waals surface area contributed by atoms with Gasteiger partial charge in [-0.25, -0.2) is 13.6 Å². The van der Waals surface area contributed by atoms with Gasteiger partial charge in [-0.15, -0.1) is 0 Å². The quantitative estimate of drug-likeness (QED) is 0.382. The molecule has 2 atom stereocenters. The lowest BCUT2D eigenvalue weighted by molar-refractivity contribution is -0.138. The van der Waals surface area contributed by atoms with Gasteiger partial charge >= 0.3 is 11.9 Å². The molecule has 3 aromatic carbocycles. The molecule has 11 heteroatoms. The summed E-state index contributed by atoms with van der Waals surface area (Å²) in [6.07, 6.45) is -4.94. The van der Waals surface area contributed by atoms with Crippen LogP contribution in [0.1, 0.15) is 28.8 Å². The minimum absolute atomic E-state index is 0.228. The number of nitrogens with zero attached hydrogens (tertiary/aromatic N) is 2. The molecule has 4 aromatic rings. The van der Waals surface area contributed by atoms with Crippen molar-refractivity contribution in [2.24, 2.45) is 5.73 Å². The Morgan fingerprint density at radius 1 is 0.921 bits per heavy atom. The summed E-state index contributed by atoms with van der Waals surface area (Å²) in [4.78, 5) is 27.3. The monoisotopic (exact) mass is 529 g/mol. The van der Waals surface area contributed by atoms with Gasteiger partial charge in [-0.05, 0) is 23.8 Å². The summed E-state index contributed by atoms with van der Waals surface area (Å²) < 4.78 is 78.4. The van der Waals surface area contributed by atoms with Gasteiger partial charge in [-0.3, -0.25) is 13.9 Å². The first kappa shape index (κ1) is 25.4. The van der Waals surface area contributed by atoms with Crippen LogP contribution in [0.2, 0.25) is 0 Å². The molecule has 6 nitrogen and oxygen atoms in total. The number of alkyl halides is 3. The van der Waals surface area contributed by atoms with Gasteiger partial charge in [0.15, 0.2) is 0 Å². The number of nitrogens with two attached hydrogens (primary N) is 1. The number of benzene rings is 3. The highest BCUT2D eigenvalue weighted by atomic mass is 19.4. The largest absolute Gasteiger partial charge is 0.476 e. The second-order valence-electron chi connectivity index (χ2n) is 8.77. The molecule has 0 spiro atoms. The van der Waals surface area contributed by atoms with Crippen molar-refractivity contribution in [3.63, 3.8) is 0 Å². The van der Waals surface area contributed by atoms with Crippen LogP contribution >= 0.6 is 0 Å². The fraction of sp³-hybridized carbons (Fsp3) is 0.185. The van der Waals surface area contributed by atoms with Crippen LogP contribution in [0.5, 0.6) is 5.88 Å². The van der Waals surface area contributed by atoms with E-state index in [4.69, 9.17) is 10.5 Å². The number of ether oxygens (including phenoxy) is 1. The second-order valence-corrected chi connectivity index (χ2v) is 8.77. The first-order valence-electron chi connectivity index (χ1n) is 11.5. The Kier molecular flexibility index (Phi) is 6.39. The molecule has 2 heterocycles. The molecule has 5 rings (SSSR count). The maximum atomic E-state index is 14.9. The molecule has 2 N–H and O–H groups in total. The van der Waals surface area contributed by atoms with Gasteiger partial charge in [0.05, 0.1) is 12.1 Å². The number of hydrogen-bond donors (Lipinski definition) is 1. The first-order chi connectivity index (χ1) is 18.1. The van der Waals surface area contributed by atoms with E-state index in [-0.39, 0.29) is 17.7 Å². The Hall–Kier alpha value is -4.25. The van der Waals surface area contributed by atoms with Crippen LogP contribution in [0.3, 0.4) is 0 Å². The molecule has 196 valence electrons. The third kappa shape index (κ3) is 4.28.